The Morgan fingerprint density at radius 3 is 1.28 bits per heavy atom. The van der Waals surface area contributed by atoms with Crippen LogP contribution in [-0.4, -0.2) is 313 Å². The van der Waals surface area contributed by atoms with E-state index in [0.29, 0.717) is 31.2 Å². The van der Waals surface area contributed by atoms with E-state index < -0.39 is 178 Å². The average Bonchev–Trinajstić information content (AvgIpc) is 0.826. The van der Waals surface area contributed by atoms with E-state index in [-0.39, 0.29) is 110 Å². The molecule has 3 saturated heterocycles. The van der Waals surface area contributed by atoms with Crippen molar-refractivity contribution in [1.29, 1.82) is 0 Å². The number of hydrogen-bond acceptors (Lipinski definition) is 29. The summed E-state index contributed by atoms with van der Waals surface area (Å²) in [6.45, 7) is 1.46. The van der Waals surface area contributed by atoms with Gasteiger partial charge >= 0.3 is 0 Å². The zero-order chi connectivity index (χ0) is 72.3. The van der Waals surface area contributed by atoms with Gasteiger partial charge in [0, 0.05) is 58.0 Å². The van der Waals surface area contributed by atoms with Crippen LogP contribution in [0, 0.1) is 5.92 Å². The fourth-order valence-electron chi connectivity index (χ4n) is 11.0. The summed E-state index contributed by atoms with van der Waals surface area (Å²) in [6, 6.07) is 2.18. The molecule has 0 aromatic heterocycles. The van der Waals surface area contributed by atoms with Crippen molar-refractivity contribution in [2.45, 2.75) is 189 Å². The fourth-order valence-corrected chi connectivity index (χ4v) is 12.3. The molecule has 4 aliphatic rings. The SMILES string of the molecule is CC(=O)NC1C(OCCOCCNC(=O)CN(CC(=O)NCCOCCOC2OC(CO)C(O)C(O)C2NC(C)=O)C(Cc2ccc(CNC(=O)C3CCC(OP([O-])(=S)C(C)(C)C)CC3)cc2)C(=O)NCCOCCOC2OC(CO)C(O)C(O)C2NC(C)=O)OC(CO)C(O)C1O. The lowest BCUT2D eigenvalue weighted by atomic mass is 9.87. The molecule has 3 heterocycles. The summed E-state index contributed by atoms with van der Waals surface area (Å²) in [6.07, 6.45) is -15.0. The summed E-state index contributed by atoms with van der Waals surface area (Å²) in [5, 5.41) is 110. The molecule has 5 rings (SSSR count). The van der Waals surface area contributed by atoms with Crippen molar-refractivity contribution in [2.75, 3.05) is 112 Å². The maximum Gasteiger partial charge on any atom is 0.237 e. The Balaban J connectivity index is 1.26. The molecule has 1 aliphatic carbocycles. The summed E-state index contributed by atoms with van der Waals surface area (Å²) in [4.78, 5) is 106. The van der Waals surface area contributed by atoms with Gasteiger partial charge in [-0.1, -0.05) is 56.8 Å². The smallest absolute Gasteiger partial charge is 0.237 e. The van der Waals surface area contributed by atoms with Gasteiger partial charge in [-0.25, -0.2) is 0 Å². The molecule has 35 nitrogen and oxygen atoms in total. The van der Waals surface area contributed by atoms with Crippen molar-refractivity contribution in [3.63, 3.8) is 0 Å². The number of rotatable bonds is 40. The number of hydrogen-bond donors (Lipinski definition) is 16. The number of carbonyl (C=O) groups excluding carboxylic acids is 7. The second-order valence-corrected chi connectivity index (χ2v) is 29.1. The van der Waals surface area contributed by atoms with Crippen LogP contribution in [0.1, 0.15) is 78.4 Å². The monoisotopic (exact) mass is 1440 g/mol. The Labute approximate surface area is 574 Å². The minimum atomic E-state index is -3.32. The predicted octanol–water partition coefficient (Wildman–Crippen LogP) is -7.16. The largest absolute Gasteiger partial charge is 0.800 e. The molecule has 98 heavy (non-hydrogen) atoms. The standard InChI is InChI=1S/C61H103N8O27PS/c1-34(73)66-47-53(81)50(78)42(31-70)93-58(47)90-24-21-87-18-15-62-45(76)29-69(30-46(77)63-16-19-88-22-25-91-59-48(67-35(2)74)54(82)51(79)43(32-71)94-59)41(57(85)64-17-20-89-23-26-92-60-49(68-36(3)75)55(83)52(80)44(33-72)95-60)27-37-7-9-38(10-8-37)28-65-56(84)39-11-13-40(14-12-39)96-97(86,98)61(4,5)6/h7-10,39-44,47-55,58-60,70-72,78-83H,11-33H2,1-6H3,(H,62,76)(H,63,77)(H,64,85)(H,65,84)(H,66,73)(H,67,74)(H,68,75)(H,86,98)/p-1. The number of aliphatic hydroxyl groups is 9. The molecule has 3 aliphatic heterocycles. The van der Waals surface area contributed by atoms with Gasteiger partial charge in [-0.3, -0.25) is 38.5 Å². The van der Waals surface area contributed by atoms with Gasteiger partial charge in [0.2, 0.25) is 41.4 Å². The van der Waals surface area contributed by atoms with E-state index in [4.69, 9.17) is 59.0 Å². The van der Waals surface area contributed by atoms with Gasteiger partial charge in [0.05, 0.1) is 105 Å². The number of nitrogens with one attached hydrogen (secondary N) is 7. The summed E-state index contributed by atoms with van der Waals surface area (Å²) in [5.41, 5.74) is 1.30. The van der Waals surface area contributed by atoms with Crippen molar-refractivity contribution in [3.8, 4) is 0 Å². The van der Waals surface area contributed by atoms with Gasteiger partial charge < -0.3 is 135 Å². The first kappa shape index (κ1) is 84.0. The average molecular weight is 1440 g/mol. The van der Waals surface area contributed by atoms with Gasteiger partial charge in [0.15, 0.2) is 18.9 Å². The maximum atomic E-state index is 14.6. The molecule has 17 atom stereocenters. The van der Waals surface area contributed by atoms with E-state index in [9.17, 15) is 84.4 Å². The number of carbonyl (C=O) groups is 7. The topological polar surface area (TPSA) is 504 Å². The lowest BCUT2D eigenvalue weighted by Gasteiger charge is -2.44. The Kier molecular flexibility index (Phi) is 36.0. The van der Waals surface area contributed by atoms with Crippen LogP contribution in [0.4, 0.5) is 0 Å². The van der Waals surface area contributed by atoms with Gasteiger partial charge in [-0.15, -0.1) is 0 Å². The van der Waals surface area contributed by atoms with E-state index in [1.807, 2.05) is 0 Å². The highest BCUT2D eigenvalue weighted by molar-refractivity contribution is 8.09. The lowest BCUT2D eigenvalue weighted by molar-refractivity contribution is -0.272. The zero-order valence-electron chi connectivity index (χ0n) is 56.1. The van der Waals surface area contributed by atoms with E-state index in [1.54, 1.807) is 45.0 Å². The van der Waals surface area contributed by atoms with Gasteiger partial charge in [0.25, 0.3) is 0 Å². The van der Waals surface area contributed by atoms with Crippen LogP contribution in [-0.2, 0) is 105 Å². The van der Waals surface area contributed by atoms with E-state index in [1.165, 1.54) is 25.7 Å². The van der Waals surface area contributed by atoms with Gasteiger partial charge in [-0.05, 0) is 49.7 Å². The highest BCUT2D eigenvalue weighted by Gasteiger charge is 2.48. The minimum Gasteiger partial charge on any atom is -0.800 e. The fraction of sp³-hybridized carbons (Fsp3) is 0.787. The van der Waals surface area contributed by atoms with Crippen molar-refractivity contribution in [3.05, 3.63) is 35.4 Å². The molecule has 0 spiro atoms. The molecular weight excluding hydrogens is 1340 g/mol. The Bertz CT molecular complexity index is 2610. The van der Waals surface area contributed by atoms with Crippen molar-refractivity contribution < 1.29 is 132 Å². The third kappa shape index (κ3) is 26.9. The number of aliphatic hydroxyl groups excluding tert-OH is 9. The van der Waals surface area contributed by atoms with Crippen LogP contribution in [0.5, 0.6) is 0 Å². The Morgan fingerprint density at radius 1 is 0.551 bits per heavy atom. The second-order valence-electron chi connectivity index (χ2n) is 25.1. The lowest BCUT2D eigenvalue weighted by Crippen LogP contribution is -2.64. The summed E-state index contributed by atoms with van der Waals surface area (Å²) in [7, 11) is 0. The summed E-state index contributed by atoms with van der Waals surface area (Å²) in [5.74, 6) is -4.01. The third-order valence-corrected chi connectivity index (χ3v) is 20.6. The maximum absolute atomic E-state index is 14.6. The van der Waals surface area contributed by atoms with Crippen molar-refractivity contribution in [2.24, 2.45) is 5.92 Å². The van der Waals surface area contributed by atoms with E-state index in [0.717, 1.165) is 5.56 Å². The highest BCUT2D eigenvalue weighted by Crippen LogP contribution is 2.53. The van der Waals surface area contributed by atoms with E-state index in [2.05, 4.69) is 37.2 Å². The number of benzene rings is 1. The van der Waals surface area contributed by atoms with Crippen LogP contribution in [0.15, 0.2) is 24.3 Å². The van der Waals surface area contributed by atoms with Crippen LogP contribution in [0.3, 0.4) is 0 Å². The van der Waals surface area contributed by atoms with Gasteiger partial charge in [-0.2, -0.15) is 0 Å². The van der Waals surface area contributed by atoms with Gasteiger partial charge in [0.1, 0.15) is 73.1 Å². The first-order valence-corrected chi connectivity index (χ1v) is 35.3. The highest BCUT2D eigenvalue weighted by atomic mass is 32.5. The molecule has 37 heteroatoms. The van der Waals surface area contributed by atoms with Crippen LogP contribution in [0.25, 0.3) is 0 Å². The van der Waals surface area contributed by atoms with Crippen LogP contribution in [0.2, 0.25) is 0 Å². The molecule has 1 aromatic carbocycles. The van der Waals surface area contributed by atoms with Crippen LogP contribution >= 0.6 is 6.49 Å². The molecule has 0 bridgehead atoms. The minimum absolute atomic E-state index is 0.0744. The number of amides is 7. The molecule has 17 unspecified atom stereocenters. The number of ether oxygens (including phenoxy) is 9. The molecule has 7 amide bonds. The predicted molar refractivity (Wildman–Crippen MR) is 344 cm³/mol. The first-order chi connectivity index (χ1) is 46.5. The first-order valence-electron chi connectivity index (χ1n) is 32.7. The molecule has 1 aromatic rings. The Morgan fingerprint density at radius 2 is 0.918 bits per heavy atom. The zero-order valence-corrected chi connectivity index (χ0v) is 57.9. The quantitative estimate of drug-likeness (QED) is 0.0214. The molecule has 0 radical (unpaired) electrons. The normalized spacial score (nSPS) is 29.1. The Hall–Kier alpha value is -4.68. The van der Waals surface area contributed by atoms with Crippen molar-refractivity contribution >= 4 is 59.6 Å². The second kappa shape index (κ2) is 42.0. The molecule has 16 N–H and O–H groups in total. The third-order valence-electron chi connectivity index (χ3n) is 16.5. The molecule has 4 fully saturated rings. The van der Waals surface area contributed by atoms with Crippen LogP contribution < -0.4 is 42.1 Å². The summed E-state index contributed by atoms with van der Waals surface area (Å²) >= 11 is 5.32. The molecular formula is C61H102N8O27PS-. The van der Waals surface area contributed by atoms with E-state index >= 15 is 0 Å². The molecule has 560 valence electrons. The van der Waals surface area contributed by atoms with Crippen molar-refractivity contribution in [1.82, 2.24) is 42.1 Å². The summed E-state index contributed by atoms with van der Waals surface area (Å²) < 4.78 is 56.8. The number of nitrogens with zero attached hydrogens (tertiary/aromatic N) is 1. The molecule has 1 saturated carbocycles.